The molecule has 2 heterocycles. The summed E-state index contributed by atoms with van der Waals surface area (Å²) in [5.41, 5.74) is 0. The number of likely N-dealkylation sites (tertiary alicyclic amines) is 1. The van der Waals surface area contributed by atoms with Crippen LogP contribution in [0.2, 0.25) is 0 Å². The van der Waals surface area contributed by atoms with Crippen LogP contribution >= 0.6 is 0 Å². The molecule has 2 amide bonds. The highest BCUT2D eigenvalue weighted by atomic mass is 16.4. The zero-order valence-corrected chi connectivity index (χ0v) is 11.4. The van der Waals surface area contributed by atoms with Crippen molar-refractivity contribution in [1.29, 1.82) is 0 Å². The number of carboxylic acid groups (broad SMARTS) is 1. The maximum Gasteiger partial charge on any atom is 0.317 e. The fourth-order valence-corrected chi connectivity index (χ4v) is 2.41. The number of aromatic nitrogens is 2. The third-order valence-electron chi connectivity index (χ3n) is 3.44. The molecule has 0 saturated carbocycles. The van der Waals surface area contributed by atoms with E-state index in [1.165, 1.54) is 0 Å². The van der Waals surface area contributed by atoms with Crippen LogP contribution in [0.4, 0.5) is 4.79 Å². The van der Waals surface area contributed by atoms with Crippen molar-refractivity contribution in [2.45, 2.75) is 25.8 Å². The Morgan fingerprint density at radius 3 is 3.00 bits per heavy atom. The lowest BCUT2D eigenvalue weighted by Gasteiger charge is -2.17. The van der Waals surface area contributed by atoms with Gasteiger partial charge in [0.1, 0.15) is 0 Å². The predicted molar refractivity (Wildman–Crippen MR) is 72.2 cm³/mol. The Hall–Kier alpha value is -2.05. The van der Waals surface area contributed by atoms with Crippen LogP contribution in [0.15, 0.2) is 18.5 Å². The van der Waals surface area contributed by atoms with Crippen molar-refractivity contribution in [3.8, 4) is 0 Å². The fourth-order valence-electron chi connectivity index (χ4n) is 2.41. The molecule has 1 aliphatic rings. The first-order valence-electron chi connectivity index (χ1n) is 6.87. The predicted octanol–water partition coefficient (Wildman–Crippen LogP) is 0.779. The molecule has 1 unspecified atom stereocenters. The molecule has 110 valence electrons. The Balaban J connectivity index is 1.62. The highest BCUT2D eigenvalue weighted by molar-refractivity contribution is 5.74. The molecule has 0 aliphatic carbocycles. The number of nitrogens with one attached hydrogen (secondary N) is 1. The van der Waals surface area contributed by atoms with Crippen LogP contribution in [0.25, 0.3) is 0 Å². The summed E-state index contributed by atoms with van der Waals surface area (Å²) in [6, 6.07) is 1.77. The van der Waals surface area contributed by atoms with Crippen molar-refractivity contribution >= 4 is 12.0 Å². The van der Waals surface area contributed by atoms with E-state index in [0.717, 1.165) is 19.4 Å². The fraction of sp³-hybridized carbons (Fsp3) is 0.615. The minimum atomic E-state index is -0.795. The minimum absolute atomic E-state index is 0.0855. The van der Waals surface area contributed by atoms with Gasteiger partial charge in [-0.2, -0.15) is 5.10 Å². The SMILES string of the molecule is O=C(O)CC1CCN(C(=O)NCCCn2cccn2)C1. The van der Waals surface area contributed by atoms with E-state index in [-0.39, 0.29) is 18.4 Å². The molecule has 1 atom stereocenters. The molecule has 2 N–H and O–H groups in total. The molecule has 1 saturated heterocycles. The number of aliphatic carboxylic acids is 1. The normalized spacial score (nSPS) is 18.2. The number of hydrogen-bond donors (Lipinski definition) is 2. The number of hydrogen-bond acceptors (Lipinski definition) is 3. The topological polar surface area (TPSA) is 87.5 Å². The summed E-state index contributed by atoms with van der Waals surface area (Å²) in [5.74, 6) is -0.709. The molecule has 1 aromatic heterocycles. The smallest absolute Gasteiger partial charge is 0.317 e. The summed E-state index contributed by atoms with van der Waals surface area (Å²) in [7, 11) is 0. The number of carbonyl (C=O) groups excluding carboxylic acids is 1. The molecule has 7 nitrogen and oxygen atoms in total. The average Bonchev–Trinajstić information content (AvgIpc) is 3.04. The maximum atomic E-state index is 11.9. The Kier molecular flexibility index (Phi) is 4.97. The molecule has 2 rings (SSSR count). The van der Waals surface area contributed by atoms with Crippen LogP contribution in [0.5, 0.6) is 0 Å². The number of nitrogens with zero attached hydrogens (tertiary/aromatic N) is 3. The molecular weight excluding hydrogens is 260 g/mol. The van der Waals surface area contributed by atoms with Gasteiger partial charge in [0.15, 0.2) is 0 Å². The minimum Gasteiger partial charge on any atom is -0.481 e. The Bertz CT molecular complexity index is 446. The van der Waals surface area contributed by atoms with Gasteiger partial charge in [-0.1, -0.05) is 0 Å². The van der Waals surface area contributed by atoms with Crippen molar-refractivity contribution in [1.82, 2.24) is 20.0 Å². The third-order valence-corrected chi connectivity index (χ3v) is 3.44. The van der Waals surface area contributed by atoms with E-state index in [4.69, 9.17) is 5.11 Å². The standard InChI is InChI=1S/C13H20N4O3/c18-12(19)9-11-3-8-16(10-11)13(20)14-4-1-6-17-7-2-5-15-17/h2,5,7,11H,1,3-4,6,8-10H2,(H,14,20)(H,18,19). The van der Waals surface area contributed by atoms with E-state index in [1.807, 2.05) is 16.9 Å². The summed E-state index contributed by atoms with van der Waals surface area (Å²) in [5, 5.41) is 15.7. The van der Waals surface area contributed by atoms with Crippen LogP contribution in [0.3, 0.4) is 0 Å². The van der Waals surface area contributed by atoms with E-state index < -0.39 is 5.97 Å². The van der Waals surface area contributed by atoms with Crippen molar-refractivity contribution < 1.29 is 14.7 Å². The number of carboxylic acids is 1. The zero-order valence-electron chi connectivity index (χ0n) is 11.4. The average molecular weight is 280 g/mol. The van der Waals surface area contributed by atoms with Crippen LogP contribution in [-0.2, 0) is 11.3 Å². The molecule has 0 bridgehead atoms. The highest BCUT2D eigenvalue weighted by Crippen LogP contribution is 2.19. The second-order valence-corrected chi connectivity index (χ2v) is 5.05. The van der Waals surface area contributed by atoms with Crippen LogP contribution < -0.4 is 5.32 Å². The summed E-state index contributed by atoms with van der Waals surface area (Å²) >= 11 is 0. The van der Waals surface area contributed by atoms with E-state index in [9.17, 15) is 9.59 Å². The zero-order chi connectivity index (χ0) is 14.4. The van der Waals surface area contributed by atoms with Gasteiger partial charge in [-0.05, 0) is 24.8 Å². The third kappa shape index (κ3) is 4.25. The molecule has 1 aliphatic heterocycles. The van der Waals surface area contributed by atoms with E-state index in [0.29, 0.717) is 19.6 Å². The summed E-state index contributed by atoms with van der Waals surface area (Å²) in [6.45, 7) is 2.55. The van der Waals surface area contributed by atoms with Gasteiger partial charge in [0.25, 0.3) is 0 Å². The molecule has 20 heavy (non-hydrogen) atoms. The Labute approximate surface area is 117 Å². The molecule has 7 heteroatoms. The summed E-state index contributed by atoms with van der Waals surface area (Å²) in [6.07, 6.45) is 5.35. The monoisotopic (exact) mass is 280 g/mol. The molecule has 0 radical (unpaired) electrons. The van der Waals surface area contributed by atoms with Gasteiger partial charge >= 0.3 is 12.0 Å². The van der Waals surface area contributed by atoms with Crippen molar-refractivity contribution in [3.05, 3.63) is 18.5 Å². The maximum absolute atomic E-state index is 11.9. The van der Waals surface area contributed by atoms with Crippen molar-refractivity contribution in [2.75, 3.05) is 19.6 Å². The quantitative estimate of drug-likeness (QED) is 0.754. The number of aryl methyl sites for hydroxylation is 1. The molecule has 1 aromatic rings. The Morgan fingerprint density at radius 1 is 1.45 bits per heavy atom. The van der Waals surface area contributed by atoms with Gasteiger partial charge in [-0.3, -0.25) is 9.48 Å². The number of urea groups is 1. The molecule has 0 spiro atoms. The summed E-state index contributed by atoms with van der Waals surface area (Å²) < 4.78 is 1.82. The van der Waals surface area contributed by atoms with Gasteiger partial charge in [0.2, 0.25) is 0 Å². The lowest BCUT2D eigenvalue weighted by Crippen LogP contribution is -2.39. The largest absolute Gasteiger partial charge is 0.481 e. The number of amides is 2. The second-order valence-electron chi connectivity index (χ2n) is 5.05. The Morgan fingerprint density at radius 2 is 2.30 bits per heavy atom. The van der Waals surface area contributed by atoms with Crippen LogP contribution in [-0.4, -0.2) is 51.4 Å². The number of rotatable bonds is 6. The molecule has 0 aromatic carbocycles. The van der Waals surface area contributed by atoms with Crippen LogP contribution in [0, 0.1) is 5.92 Å². The first-order valence-corrected chi connectivity index (χ1v) is 6.87. The van der Waals surface area contributed by atoms with E-state index in [2.05, 4.69) is 10.4 Å². The lowest BCUT2D eigenvalue weighted by atomic mass is 10.1. The summed E-state index contributed by atoms with van der Waals surface area (Å²) in [4.78, 5) is 24.2. The van der Waals surface area contributed by atoms with Gasteiger partial charge in [0.05, 0.1) is 0 Å². The van der Waals surface area contributed by atoms with E-state index in [1.54, 1.807) is 11.1 Å². The number of carbonyl (C=O) groups is 2. The van der Waals surface area contributed by atoms with Crippen molar-refractivity contribution in [2.24, 2.45) is 5.92 Å². The van der Waals surface area contributed by atoms with Crippen LogP contribution in [0.1, 0.15) is 19.3 Å². The van der Waals surface area contributed by atoms with Gasteiger partial charge in [-0.25, -0.2) is 4.79 Å². The van der Waals surface area contributed by atoms with Gasteiger partial charge in [0, 0.05) is 45.0 Å². The lowest BCUT2D eigenvalue weighted by molar-refractivity contribution is -0.138. The molecular formula is C13H20N4O3. The van der Waals surface area contributed by atoms with E-state index >= 15 is 0 Å². The van der Waals surface area contributed by atoms with Gasteiger partial charge in [-0.15, -0.1) is 0 Å². The highest BCUT2D eigenvalue weighted by Gasteiger charge is 2.27. The first-order chi connectivity index (χ1) is 9.65. The second kappa shape index (κ2) is 6.93. The van der Waals surface area contributed by atoms with Gasteiger partial charge < -0.3 is 15.3 Å². The molecule has 1 fully saturated rings. The first kappa shape index (κ1) is 14.4. The van der Waals surface area contributed by atoms with Crippen molar-refractivity contribution in [3.63, 3.8) is 0 Å².